The van der Waals surface area contributed by atoms with Gasteiger partial charge in [0.25, 0.3) is 11.6 Å². The van der Waals surface area contributed by atoms with Gasteiger partial charge in [0.15, 0.2) is 0 Å². The molecule has 7 nitrogen and oxygen atoms in total. The minimum Gasteiger partial charge on any atom is -0.325 e. The fourth-order valence-electron chi connectivity index (χ4n) is 2.88. The molecule has 0 atom stereocenters. The van der Waals surface area contributed by atoms with Crippen LogP contribution in [0.4, 0.5) is 30.2 Å². The van der Waals surface area contributed by atoms with Crippen molar-refractivity contribution in [3.8, 4) is 0 Å². The topological polar surface area (TPSA) is 101 Å². The molecule has 164 valence electrons. The van der Waals surface area contributed by atoms with Crippen LogP contribution in [0.5, 0.6) is 0 Å². The number of carbonyl (C=O) groups excluding carboxylic acids is 2. The number of hydrogen-bond acceptors (Lipinski definition) is 4. The van der Waals surface area contributed by atoms with Gasteiger partial charge >= 0.3 is 6.18 Å². The van der Waals surface area contributed by atoms with Gasteiger partial charge in [0.2, 0.25) is 5.91 Å². The van der Waals surface area contributed by atoms with Gasteiger partial charge in [0.05, 0.1) is 28.2 Å². The maximum atomic E-state index is 12.9. The monoisotopic (exact) mass is 443 g/mol. The predicted octanol–water partition coefficient (Wildman–Crippen LogP) is 5.05. The van der Waals surface area contributed by atoms with Crippen molar-refractivity contribution < 1.29 is 27.7 Å². The predicted molar refractivity (Wildman–Crippen MR) is 111 cm³/mol. The van der Waals surface area contributed by atoms with Crippen LogP contribution in [-0.4, -0.2) is 16.7 Å². The second-order valence-corrected chi connectivity index (χ2v) is 6.73. The number of nitrogens with one attached hydrogen (secondary N) is 2. The van der Waals surface area contributed by atoms with Crippen LogP contribution in [0, 0.1) is 10.1 Å². The third-order valence-corrected chi connectivity index (χ3v) is 4.41. The summed E-state index contributed by atoms with van der Waals surface area (Å²) in [5.74, 6) is -1.17. The summed E-state index contributed by atoms with van der Waals surface area (Å²) < 4.78 is 38.6. The highest BCUT2D eigenvalue weighted by molar-refractivity contribution is 6.10. The van der Waals surface area contributed by atoms with E-state index in [0.717, 1.165) is 12.1 Å². The number of rotatable bonds is 6. The first kappa shape index (κ1) is 22.5. The van der Waals surface area contributed by atoms with Gasteiger partial charge in [-0.1, -0.05) is 30.3 Å². The van der Waals surface area contributed by atoms with E-state index in [1.54, 1.807) is 12.1 Å². The Labute approximate surface area is 180 Å². The second kappa shape index (κ2) is 9.29. The minimum absolute atomic E-state index is 0.0446. The Morgan fingerprint density at radius 2 is 1.59 bits per heavy atom. The molecule has 0 saturated heterocycles. The Morgan fingerprint density at radius 1 is 0.906 bits per heavy atom. The van der Waals surface area contributed by atoms with Crippen LogP contribution in [-0.2, 0) is 17.4 Å². The molecule has 0 aromatic heterocycles. The van der Waals surface area contributed by atoms with E-state index in [0.29, 0.717) is 5.56 Å². The molecule has 0 bridgehead atoms. The number of alkyl halides is 3. The standard InChI is InChI=1S/C22H16F3N3O4/c23-22(24,25)15-4-3-5-16(13-15)26-21(30)18-6-1-2-7-19(18)27-20(29)12-14-8-10-17(11-9-14)28(31)32/h1-11,13H,12H2,(H,26,30)(H,27,29). The molecule has 2 amide bonds. The number of halogens is 3. The number of carbonyl (C=O) groups is 2. The van der Waals surface area contributed by atoms with E-state index in [1.807, 2.05) is 0 Å². The van der Waals surface area contributed by atoms with Crippen molar-refractivity contribution >= 4 is 28.9 Å². The maximum Gasteiger partial charge on any atom is 0.416 e. The molecule has 2 N–H and O–H groups in total. The molecular weight excluding hydrogens is 427 g/mol. The largest absolute Gasteiger partial charge is 0.416 e. The lowest BCUT2D eigenvalue weighted by atomic mass is 10.1. The van der Waals surface area contributed by atoms with Crippen LogP contribution in [0.15, 0.2) is 72.8 Å². The summed E-state index contributed by atoms with van der Waals surface area (Å²) in [6.07, 6.45) is -4.65. The molecule has 0 aliphatic rings. The molecule has 0 radical (unpaired) electrons. The summed E-state index contributed by atoms with van der Waals surface area (Å²) in [5, 5.41) is 15.7. The van der Waals surface area contributed by atoms with Gasteiger partial charge in [0, 0.05) is 17.8 Å². The van der Waals surface area contributed by atoms with Gasteiger partial charge in [0.1, 0.15) is 0 Å². The van der Waals surface area contributed by atoms with Crippen LogP contribution >= 0.6 is 0 Å². The first-order chi connectivity index (χ1) is 15.1. The van der Waals surface area contributed by atoms with Gasteiger partial charge in [-0.15, -0.1) is 0 Å². The zero-order valence-electron chi connectivity index (χ0n) is 16.3. The lowest BCUT2D eigenvalue weighted by molar-refractivity contribution is -0.384. The molecule has 0 aliphatic heterocycles. The van der Waals surface area contributed by atoms with E-state index >= 15 is 0 Å². The smallest absolute Gasteiger partial charge is 0.325 e. The van der Waals surface area contributed by atoms with Crippen molar-refractivity contribution in [3.63, 3.8) is 0 Å². The van der Waals surface area contributed by atoms with E-state index in [1.165, 1.54) is 48.5 Å². The highest BCUT2D eigenvalue weighted by atomic mass is 19.4. The number of nitro benzene ring substituents is 1. The average Bonchev–Trinajstić information content (AvgIpc) is 2.74. The van der Waals surface area contributed by atoms with E-state index in [2.05, 4.69) is 10.6 Å². The SMILES string of the molecule is O=C(Cc1ccc([N+](=O)[O-])cc1)Nc1ccccc1C(=O)Nc1cccc(C(F)(F)F)c1. The van der Waals surface area contributed by atoms with Gasteiger partial charge in [-0.2, -0.15) is 13.2 Å². The first-order valence-corrected chi connectivity index (χ1v) is 9.24. The Kier molecular flexibility index (Phi) is 6.53. The number of hydrogen-bond donors (Lipinski definition) is 2. The second-order valence-electron chi connectivity index (χ2n) is 6.73. The molecule has 10 heteroatoms. The van der Waals surface area contributed by atoms with Gasteiger partial charge in [-0.05, 0) is 35.9 Å². The van der Waals surface area contributed by atoms with Crippen molar-refractivity contribution in [1.82, 2.24) is 0 Å². The molecule has 0 heterocycles. The van der Waals surface area contributed by atoms with Crippen LogP contribution in [0.1, 0.15) is 21.5 Å². The fraction of sp³-hybridized carbons (Fsp3) is 0.0909. The molecule has 0 spiro atoms. The van der Waals surface area contributed by atoms with Crippen molar-refractivity contribution in [2.24, 2.45) is 0 Å². The minimum atomic E-state index is -4.55. The fourth-order valence-corrected chi connectivity index (χ4v) is 2.88. The molecular formula is C22H16F3N3O4. The van der Waals surface area contributed by atoms with E-state index in [-0.39, 0.29) is 29.0 Å². The first-order valence-electron chi connectivity index (χ1n) is 9.24. The van der Waals surface area contributed by atoms with E-state index in [9.17, 15) is 32.9 Å². The number of para-hydroxylation sites is 1. The highest BCUT2D eigenvalue weighted by Crippen LogP contribution is 2.31. The molecule has 3 rings (SSSR count). The molecule has 0 aliphatic carbocycles. The lowest BCUT2D eigenvalue weighted by Crippen LogP contribution is -2.19. The van der Waals surface area contributed by atoms with Crippen molar-refractivity contribution in [3.05, 3.63) is 99.6 Å². The summed E-state index contributed by atoms with van der Waals surface area (Å²) in [5.41, 5.74) is -0.299. The average molecular weight is 443 g/mol. The van der Waals surface area contributed by atoms with Gasteiger partial charge in [-0.25, -0.2) is 0 Å². The Bertz CT molecular complexity index is 1160. The quantitative estimate of drug-likeness (QED) is 0.411. The molecule has 32 heavy (non-hydrogen) atoms. The number of anilines is 2. The van der Waals surface area contributed by atoms with Crippen molar-refractivity contribution in [2.75, 3.05) is 10.6 Å². The summed E-state index contributed by atoms with van der Waals surface area (Å²) >= 11 is 0. The Hall–Kier alpha value is -4.21. The van der Waals surface area contributed by atoms with Crippen molar-refractivity contribution in [2.45, 2.75) is 12.6 Å². The summed E-state index contributed by atoms with van der Waals surface area (Å²) in [4.78, 5) is 35.2. The molecule has 0 fully saturated rings. The normalized spacial score (nSPS) is 11.0. The molecule has 3 aromatic rings. The number of non-ortho nitro benzene ring substituents is 1. The summed E-state index contributed by atoms with van der Waals surface area (Å²) in [7, 11) is 0. The maximum absolute atomic E-state index is 12.9. The van der Waals surface area contributed by atoms with E-state index < -0.39 is 28.5 Å². The summed E-state index contributed by atoms with van der Waals surface area (Å²) in [6, 6.07) is 15.7. The zero-order valence-corrected chi connectivity index (χ0v) is 16.3. The van der Waals surface area contributed by atoms with Crippen molar-refractivity contribution in [1.29, 1.82) is 0 Å². The number of benzene rings is 3. The molecule has 0 unspecified atom stereocenters. The van der Waals surface area contributed by atoms with Crippen LogP contribution in [0.25, 0.3) is 0 Å². The zero-order chi connectivity index (χ0) is 23.3. The third kappa shape index (κ3) is 5.69. The summed E-state index contributed by atoms with van der Waals surface area (Å²) in [6.45, 7) is 0. The molecule has 0 saturated carbocycles. The number of nitrogens with zero attached hydrogens (tertiary/aromatic N) is 1. The van der Waals surface area contributed by atoms with Crippen LogP contribution < -0.4 is 10.6 Å². The third-order valence-electron chi connectivity index (χ3n) is 4.41. The van der Waals surface area contributed by atoms with Crippen LogP contribution in [0.3, 0.4) is 0 Å². The van der Waals surface area contributed by atoms with E-state index in [4.69, 9.17) is 0 Å². The lowest BCUT2D eigenvalue weighted by Gasteiger charge is -2.13. The Morgan fingerprint density at radius 3 is 2.25 bits per heavy atom. The molecule has 3 aromatic carbocycles. The highest BCUT2D eigenvalue weighted by Gasteiger charge is 2.30. The van der Waals surface area contributed by atoms with Crippen LogP contribution in [0.2, 0.25) is 0 Å². The number of nitro groups is 1. The van der Waals surface area contributed by atoms with Gasteiger partial charge in [-0.3, -0.25) is 19.7 Å². The van der Waals surface area contributed by atoms with Gasteiger partial charge < -0.3 is 10.6 Å². The number of amides is 2. The Balaban J connectivity index is 1.72.